The summed E-state index contributed by atoms with van der Waals surface area (Å²) in [4.78, 5) is 38.0. The Morgan fingerprint density at radius 1 is 0.683 bits per heavy atom. The molecule has 0 aliphatic carbocycles. The van der Waals surface area contributed by atoms with E-state index in [9.17, 15) is 9.59 Å². The highest BCUT2D eigenvalue weighted by Gasteiger charge is 2.17. The third-order valence-corrected chi connectivity index (χ3v) is 10.1. The quantitative estimate of drug-likeness (QED) is 0.0235. The lowest BCUT2D eigenvalue weighted by Crippen LogP contribution is -2.76. The maximum atomic E-state index is 14.1. The van der Waals surface area contributed by atoms with Gasteiger partial charge in [-0.05, 0) is 62.1 Å². The van der Waals surface area contributed by atoms with Gasteiger partial charge >= 0.3 is 5.96 Å². The van der Waals surface area contributed by atoms with Gasteiger partial charge in [0.25, 0.3) is 0 Å². The van der Waals surface area contributed by atoms with E-state index in [4.69, 9.17) is 26.5 Å². The largest absolute Gasteiger partial charge is 0.616 e. The van der Waals surface area contributed by atoms with Crippen LogP contribution in [0.25, 0.3) is 54.2 Å². The van der Waals surface area contributed by atoms with Crippen molar-refractivity contribution >= 4 is 90.1 Å². The number of nitrogens with two attached hydrogens (primary N) is 2. The van der Waals surface area contributed by atoms with E-state index >= 15 is 0 Å². The molecule has 0 bridgehead atoms. The van der Waals surface area contributed by atoms with Crippen LogP contribution in [0.5, 0.6) is 0 Å². The zero-order chi connectivity index (χ0) is 42.2. The minimum atomic E-state index is -0.531. The summed E-state index contributed by atoms with van der Waals surface area (Å²) in [5, 5.41) is 38.4. The summed E-state index contributed by atoms with van der Waals surface area (Å²) < 4.78 is 3.87. The lowest BCUT2D eigenvalue weighted by atomic mass is 10.1. The van der Waals surface area contributed by atoms with Crippen molar-refractivity contribution < 1.29 is 29.9 Å². The molecule has 0 radical (unpaired) electrons. The topological polar surface area (TPSA) is 247 Å². The molecule has 0 unspecified atom stereocenters. The third kappa shape index (κ3) is 9.62. The van der Waals surface area contributed by atoms with Gasteiger partial charge in [-0.3, -0.25) is 11.1 Å². The van der Waals surface area contributed by atoms with Gasteiger partial charge in [0.1, 0.15) is 25.9 Å². The molecule has 4 heterocycles. The summed E-state index contributed by atoms with van der Waals surface area (Å²) in [5.41, 5.74) is 14.6. The van der Waals surface area contributed by atoms with Crippen LogP contribution in [0, 0.1) is 5.41 Å². The number of benzene rings is 3. The predicted octanol–water partition coefficient (Wildman–Crippen LogP) is 3.24. The molecule has 3 aromatic carbocycles. The Bertz CT molecular complexity index is 2580. The van der Waals surface area contributed by atoms with Crippen LogP contribution in [0.1, 0.15) is 46.7 Å². The van der Waals surface area contributed by atoms with Crippen molar-refractivity contribution in [2.45, 2.75) is 25.7 Å². The summed E-state index contributed by atoms with van der Waals surface area (Å²) in [6.07, 6.45) is 6.78. The van der Waals surface area contributed by atoms with E-state index in [1.165, 1.54) is 0 Å². The first-order valence-corrected chi connectivity index (χ1v) is 19.9. The molecule has 2 amide bonds. The highest BCUT2D eigenvalue weighted by atomic mass is 16.2. The summed E-state index contributed by atoms with van der Waals surface area (Å²) in [6.45, 7) is 2.40. The van der Waals surface area contributed by atoms with Crippen LogP contribution < -0.4 is 47.3 Å². The lowest BCUT2D eigenvalue weighted by molar-refractivity contribution is -0.644. The number of anilines is 2. The van der Waals surface area contributed by atoms with Crippen LogP contribution in [0.4, 0.5) is 22.7 Å². The summed E-state index contributed by atoms with van der Waals surface area (Å²) >= 11 is 0. The van der Waals surface area contributed by atoms with Gasteiger partial charge in [0.05, 0.1) is 29.0 Å². The number of rotatable bonds is 16. The van der Waals surface area contributed by atoms with Crippen LogP contribution in [0.15, 0.2) is 97.3 Å². The smallest absolute Gasteiger partial charge is 0.434 e. The van der Waals surface area contributed by atoms with Crippen LogP contribution in [-0.4, -0.2) is 59.9 Å². The van der Waals surface area contributed by atoms with Crippen molar-refractivity contribution in [2.24, 2.45) is 19.8 Å². The zero-order valence-corrected chi connectivity index (χ0v) is 33.8. The molecule has 7 aromatic rings. The molecule has 0 fully saturated rings. The number of carbonyl (C=O) groups is 2. The fourth-order valence-electron chi connectivity index (χ4n) is 7.17. The molecule has 12 N–H and O–H groups in total. The Balaban J connectivity index is 1.29. The fraction of sp³-hybridized carbons (Fsp3) is 0.227. The van der Waals surface area contributed by atoms with E-state index in [1.54, 1.807) is 12.1 Å². The number of para-hydroxylation sites is 2. The average Bonchev–Trinajstić information content (AvgIpc) is 3.22. The number of unbranched alkanes of at least 4 members (excludes halogenated alkanes) is 2. The first-order valence-electron chi connectivity index (χ1n) is 19.9. The monoisotopic (exact) mass is 806 g/mol. The fourth-order valence-corrected chi connectivity index (χ4v) is 7.17. The number of hydrogen-bond donors (Lipinski definition) is 8. The van der Waals surface area contributed by atoms with Gasteiger partial charge in [-0.25, -0.2) is 29.8 Å². The number of guanidine groups is 2. The Hall–Kier alpha value is -7.46. The highest BCUT2D eigenvalue weighted by Crippen LogP contribution is 2.35. The van der Waals surface area contributed by atoms with Crippen molar-refractivity contribution in [1.82, 2.24) is 20.6 Å². The molecule has 7 rings (SSSR count). The SMILES string of the molecule is C[n+]1cc([N-]C(=O)c2cc(NCCCCNC(=N)N)c3ccc4c(NCCCCNC(=[NH2+])[NH3+])cc(C(=O)[N-]c5cc6ccccc6[n+](C)c5)nc4c3n2)cc2ccccc21. The number of aryl methyl sites for hydroxylation is 2. The number of quaternary nitrogens is 1. The van der Waals surface area contributed by atoms with Crippen LogP contribution in [0.2, 0.25) is 0 Å². The number of nitrogens with one attached hydrogen (secondary N) is 5. The minimum absolute atomic E-state index is 0.0740. The summed E-state index contributed by atoms with van der Waals surface area (Å²) in [7, 11) is 3.83. The highest BCUT2D eigenvalue weighted by molar-refractivity contribution is 6.17. The van der Waals surface area contributed by atoms with Crippen LogP contribution in [0.3, 0.4) is 0 Å². The Labute approximate surface area is 346 Å². The standard InChI is InChI=1S/C44H48N14O2/c1-57-25-29(21-27-11-3-5-13-37(27)57)53-41(59)35-23-33(49-17-7-9-19-51-43(45)46)31-15-16-32-34(50-18-8-10-20-52-44(47)48)24-36(56-40(32)39(31)55-35)42(60)54-30-22-28-12-4-6-14-38(28)58(2)26-30/h3-6,11-16,21-26H,7-10,17-20H2,1-2H3,(H10-2,45,46,47,48,49,50,51,52,53,54,55,56,59,60)/p+2. The van der Waals surface area contributed by atoms with Crippen molar-refractivity contribution in [3.05, 3.63) is 119 Å². The number of pyridine rings is 4. The maximum absolute atomic E-state index is 14.1. The molecule has 16 heteroatoms. The average molecular weight is 807 g/mol. The van der Waals surface area contributed by atoms with Gasteiger partial charge in [0, 0.05) is 64.7 Å². The first kappa shape index (κ1) is 40.7. The molecule has 0 saturated heterocycles. The molecule has 306 valence electrons. The second kappa shape index (κ2) is 18.4. The Kier molecular flexibility index (Phi) is 12.5. The second-order valence-electron chi connectivity index (χ2n) is 14.6. The third-order valence-electron chi connectivity index (χ3n) is 10.1. The number of hydrogen-bond acceptors (Lipinski definition) is 7. The zero-order valence-electron chi connectivity index (χ0n) is 33.8. The normalized spacial score (nSPS) is 11.1. The summed E-state index contributed by atoms with van der Waals surface area (Å²) in [6, 6.07) is 26.9. The van der Waals surface area contributed by atoms with Crippen LogP contribution >= 0.6 is 0 Å². The molecule has 0 atom stereocenters. The number of amides is 2. The molecular weight excluding hydrogens is 757 g/mol. The molecule has 16 nitrogen and oxygen atoms in total. The number of fused-ring (bicyclic) bond motifs is 5. The van der Waals surface area contributed by atoms with Gasteiger partial charge in [0.2, 0.25) is 11.0 Å². The Morgan fingerprint density at radius 3 is 1.57 bits per heavy atom. The maximum Gasteiger partial charge on any atom is 0.434 e. The van der Waals surface area contributed by atoms with E-state index in [2.05, 4.69) is 37.6 Å². The first-order chi connectivity index (χ1) is 29.0. The van der Waals surface area contributed by atoms with Gasteiger partial charge in [-0.15, -0.1) is 0 Å². The molecule has 0 spiro atoms. The molecular formula is C44H50N14O2+2. The number of aromatic nitrogens is 4. The number of nitrogens with zero attached hydrogens (tertiary/aromatic N) is 6. The molecule has 0 aliphatic rings. The molecule has 0 aliphatic heterocycles. The van der Waals surface area contributed by atoms with E-state index in [1.807, 2.05) is 108 Å². The van der Waals surface area contributed by atoms with Crippen molar-refractivity contribution in [3.63, 3.8) is 0 Å². The Morgan fingerprint density at radius 2 is 1.12 bits per heavy atom. The van der Waals surface area contributed by atoms with E-state index in [0.717, 1.165) is 52.9 Å². The van der Waals surface area contributed by atoms with Gasteiger partial charge in [-0.1, -0.05) is 47.8 Å². The van der Waals surface area contributed by atoms with Gasteiger partial charge < -0.3 is 41.9 Å². The lowest BCUT2D eigenvalue weighted by Gasteiger charge is -2.22. The molecule has 4 aromatic heterocycles. The number of carbonyl (C=O) groups excluding carboxylic acids is 2. The van der Waals surface area contributed by atoms with E-state index in [0.29, 0.717) is 71.3 Å². The minimum Gasteiger partial charge on any atom is -0.616 e. The second-order valence-corrected chi connectivity index (χ2v) is 14.6. The summed E-state index contributed by atoms with van der Waals surface area (Å²) in [5.74, 6) is -0.710. The van der Waals surface area contributed by atoms with Crippen molar-refractivity contribution in [1.29, 1.82) is 5.41 Å². The molecule has 60 heavy (non-hydrogen) atoms. The van der Waals surface area contributed by atoms with Crippen molar-refractivity contribution in [3.8, 4) is 0 Å². The van der Waals surface area contributed by atoms with Crippen LogP contribution in [-0.2, 0) is 14.1 Å². The van der Waals surface area contributed by atoms with Crippen molar-refractivity contribution in [2.75, 3.05) is 36.8 Å². The van der Waals surface area contributed by atoms with E-state index in [-0.39, 0.29) is 17.3 Å². The molecule has 0 saturated carbocycles. The van der Waals surface area contributed by atoms with Gasteiger partial charge in [0.15, 0.2) is 18.4 Å². The van der Waals surface area contributed by atoms with Gasteiger partial charge in [-0.2, -0.15) is 0 Å². The predicted molar refractivity (Wildman–Crippen MR) is 235 cm³/mol. The van der Waals surface area contributed by atoms with E-state index < -0.39 is 11.8 Å².